The second-order valence-electron chi connectivity index (χ2n) is 6.40. The van der Waals surface area contributed by atoms with Gasteiger partial charge in [0.25, 0.3) is 0 Å². The van der Waals surface area contributed by atoms with E-state index in [4.69, 9.17) is 0 Å². The zero-order valence-corrected chi connectivity index (χ0v) is 16.1. The third-order valence-electron chi connectivity index (χ3n) is 4.62. The molecule has 0 saturated heterocycles. The average molecular weight is 363 g/mol. The van der Waals surface area contributed by atoms with E-state index in [9.17, 15) is 4.79 Å². The van der Waals surface area contributed by atoms with E-state index in [1.54, 1.807) is 0 Å². The van der Waals surface area contributed by atoms with E-state index in [1.165, 1.54) is 10.4 Å². The molecule has 0 saturated carbocycles. The van der Waals surface area contributed by atoms with Gasteiger partial charge in [0.1, 0.15) is 6.54 Å². The molecule has 6 nitrogen and oxygen atoms in total. The summed E-state index contributed by atoms with van der Waals surface area (Å²) in [5.74, 6) is 0.365. The number of carbonyl (C=O) groups excluding carboxylic acids is 1. The van der Waals surface area contributed by atoms with E-state index in [2.05, 4.69) is 53.6 Å². The predicted octanol–water partition coefficient (Wildman–Crippen LogP) is 3.67. The molecule has 0 fully saturated rings. The first kappa shape index (κ1) is 18.8. The van der Waals surface area contributed by atoms with Crippen LogP contribution in [0.1, 0.15) is 37.5 Å². The number of hydrogen-bond acceptors (Lipinski definition) is 4. The minimum Gasteiger partial charge on any atom is -0.324 e. The number of aryl methyl sites for hydroxylation is 3. The number of rotatable bonds is 7. The van der Waals surface area contributed by atoms with E-state index in [0.29, 0.717) is 5.82 Å². The molecule has 1 heterocycles. The third kappa shape index (κ3) is 4.39. The highest BCUT2D eigenvalue weighted by atomic mass is 16.2. The van der Waals surface area contributed by atoms with Crippen molar-refractivity contribution >= 4 is 11.6 Å². The Morgan fingerprint density at radius 1 is 0.963 bits per heavy atom. The molecule has 6 heteroatoms. The van der Waals surface area contributed by atoms with Gasteiger partial charge in [0.2, 0.25) is 11.7 Å². The Hall–Kier alpha value is -3.02. The SMILES string of the molecule is CCc1ccc(-c2nnn(CC(=O)Nc3c(CC)cccc3CC)n2)cc1. The number of para-hydroxylation sites is 1. The summed E-state index contributed by atoms with van der Waals surface area (Å²) in [6.07, 6.45) is 2.71. The fourth-order valence-electron chi connectivity index (χ4n) is 3.03. The van der Waals surface area contributed by atoms with Crippen LogP contribution < -0.4 is 5.32 Å². The van der Waals surface area contributed by atoms with Crippen LogP contribution in [0.2, 0.25) is 0 Å². The standard InChI is InChI=1S/C21H25N5O/c1-4-15-10-12-18(13-11-15)21-23-25-26(24-21)14-19(27)22-20-16(5-2)8-7-9-17(20)6-3/h7-13H,4-6,14H2,1-3H3,(H,22,27). The molecule has 140 valence electrons. The van der Waals surface area contributed by atoms with E-state index in [0.717, 1.165) is 41.6 Å². The Bertz CT molecular complexity index is 892. The van der Waals surface area contributed by atoms with Crippen LogP contribution in [0, 0.1) is 0 Å². The molecule has 0 aliphatic rings. The summed E-state index contributed by atoms with van der Waals surface area (Å²) in [7, 11) is 0. The topological polar surface area (TPSA) is 72.7 Å². The van der Waals surface area contributed by atoms with Crippen LogP contribution in [-0.2, 0) is 30.6 Å². The molecular formula is C21H25N5O. The first-order chi connectivity index (χ1) is 13.1. The largest absolute Gasteiger partial charge is 0.324 e. The molecule has 0 radical (unpaired) electrons. The van der Waals surface area contributed by atoms with Crippen molar-refractivity contribution in [2.45, 2.75) is 46.6 Å². The number of benzene rings is 2. The quantitative estimate of drug-likeness (QED) is 0.695. The van der Waals surface area contributed by atoms with Gasteiger partial charge in [0.15, 0.2) is 0 Å². The molecule has 2 aromatic carbocycles. The highest BCUT2D eigenvalue weighted by Gasteiger charge is 2.13. The molecule has 0 atom stereocenters. The summed E-state index contributed by atoms with van der Waals surface area (Å²) in [5.41, 5.74) is 5.31. The maximum Gasteiger partial charge on any atom is 0.248 e. The average Bonchev–Trinajstić information content (AvgIpc) is 3.16. The molecule has 3 rings (SSSR count). The van der Waals surface area contributed by atoms with Gasteiger partial charge in [0, 0.05) is 11.3 Å². The van der Waals surface area contributed by atoms with Gasteiger partial charge < -0.3 is 5.32 Å². The minimum atomic E-state index is -0.157. The van der Waals surface area contributed by atoms with Crippen LogP contribution in [-0.4, -0.2) is 26.1 Å². The summed E-state index contributed by atoms with van der Waals surface area (Å²) in [5, 5.41) is 15.5. The van der Waals surface area contributed by atoms with E-state index < -0.39 is 0 Å². The van der Waals surface area contributed by atoms with Crippen LogP contribution >= 0.6 is 0 Å². The van der Waals surface area contributed by atoms with Crippen molar-refractivity contribution in [3.63, 3.8) is 0 Å². The number of anilines is 1. The molecule has 0 aliphatic heterocycles. The highest BCUT2D eigenvalue weighted by molar-refractivity contribution is 5.92. The number of nitrogens with zero attached hydrogens (tertiary/aromatic N) is 4. The summed E-state index contributed by atoms with van der Waals surface area (Å²) >= 11 is 0. The fraction of sp³-hybridized carbons (Fsp3) is 0.333. The summed E-state index contributed by atoms with van der Waals surface area (Å²) in [6, 6.07) is 14.2. The van der Waals surface area contributed by atoms with Crippen molar-refractivity contribution in [1.82, 2.24) is 20.2 Å². The third-order valence-corrected chi connectivity index (χ3v) is 4.62. The smallest absolute Gasteiger partial charge is 0.248 e. The van der Waals surface area contributed by atoms with E-state index in [1.807, 2.05) is 30.3 Å². The fourth-order valence-corrected chi connectivity index (χ4v) is 3.03. The van der Waals surface area contributed by atoms with Gasteiger partial charge in [-0.3, -0.25) is 4.79 Å². The lowest BCUT2D eigenvalue weighted by molar-refractivity contribution is -0.117. The maximum absolute atomic E-state index is 12.5. The Labute approximate surface area is 159 Å². The molecule has 27 heavy (non-hydrogen) atoms. The monoisotopic (exact) mass is 363 g/mol. The molecule has 1 aromatic heterocycles. The van der Waals surface area contributed by atoms with Crippen LogP contribution in [0.5, 0.6) is 0 Å². The number of amides is 1. The van der Waals surface area contributed by atoms with Crippen molar-refractivity contribution < 1.29 is 4.79 Å². The summed E-state index contributed by atoms with van der Waals surface area (Å²) < 4.78 is 0. The highest BCUT2D eigenvalue weighted by Crippen LogP contribution is 2.22. The maximum atomic E-state index is 12.5. The van der Waals surface area contributed by atoms with E-state index >= 15 is 0 Å². The molecule has 1 amide bonds. The Kier molecular flexibility index (Phi) is 5.96. The molecular weight excluding hydrogens is 338 g/mol. The minimum absolute atomic E-state index is 0.0290. The molecule has 1 N–H and O–H groups in total. The van der Waals surface area contributed by atoms with E-state index in [-0.39, 0.29) is 12.5 Å². The summed E-state index contributed by atoms with van der Waals surface area (Å²) in [6.45, 7) is 6.31. The van der Waals surface area contributed by atoms with Crippen molar-refractivity contribution in [2.24, 2.45) is 0 Å². The first-order valence-electron chi connectivity index (χ1n) is 9.42. The van der Waals surface area contributed by atoms with Gasteiger partial charge in [-0.1, -0.05) is 63.2 Å². The predicted molar refractivity (Wildman–Crippen MR) is 106 cm³/mol. The number of tetrazole rings is 1. The van der Waals surface area contributed by atoms with Crippen molar-refractivity contribution in [3.05, 3.63) is 59.2 Å². The van der Waals surface area contributed by atoms with Crippen LogP contribution in [0.25, 0.3) is 11.4 Å². The zero-order chi connectivity index (χ0) is 19.2. The first-order valence-corrected chi connectivity index (χ1v) is 9.42. The lowest BCUT2D eigenvalue weighted by Gasteiger charge is -2.14. The number of nitrogens with one attached hydrogen (secondary N) is 1. The zero-order valence-electron chi connectivity index (χ0n) is 16.1. The molecule has 0 bridgehead atoms. The van der Waals surface area contributed by atoms with Gasteiger partial charge in [-0.05, 0) is 41.2 Å². The van der Waals surface area contributed by atoms with Crippen molar-refractivity contribution in [3.8, 4) is 11.4 Å². The second-order valence-corrected chi connectivity index (χ2v) is 6.40. The molecule has 0 aliphatic carbocycles. The molecule has 0 unspecified atom stereocenters. The molecule has 0 spiro atoms. The van der Waals surface area contributed by atoms with Crippen LogP contribution in [0.15, 0.2) is 42.5 Å². The van der Waals surface area contributed by atoms with Gasteiger partial charge in [0.05, 0.1) is 0 Å². The lowest BCUT2D eigenvalue weighted by Crippen LogP contribution is -2.22. The Balaban J connectivity index is 1.71. The van der Waals surface area contributed by atoms with Gasteiger partial charge in [-0.15, -0.1) is 10.2 Å². The number of carbonyl (C=O) groups is 1. The van der Waals surface area contributed by atoms with Crippen LogP contribution in [0.4, 0.5) is 5.69 Å². The second kappa shape index (κ2) is 8.58. The number of aromatic nitrogens is 4. The lowest BCUT2D eigenvalue weighted by atomic mass is 10.0. The molecule has 3 aromatic rings. The summed E-state index contributed by atoms with van der Waals surface area (Å²) in [4.78, 5) is 13.8. The van der Waals surface area contributed by atoms with Gasteiger partial charge >= 0.3 is 0 Å². The van der Waals surface area contributed by atoms with Crippen molar-refractivity contribution in [1.29, 1.82) is 0 Å². The van der Waals surface area contributed by atoms with Crippen LogP contribution in [0.3, 0.4) is 0 Å². The normalized spacial score (nSPS) is 10.8. The van der Waals surface area contributed by atoms with Gasteiger partial charge in [-0.2, -0.15) is 4.80 Å². The Morgan fingerprint density at radius 3 is 2.22 bits per heavy atom. The van der Waals surface area contributed by atoms with Crippen molar-refractivity contribution in [2.75, 3.05) is 5.32 Å². The number of hydrogen-bond donors (Lipinski definition) is 1. The Morgan fingerprint density at radius 2 is 1.63 bits per heavy atom. The van der Waals surface area contributed by atoms with Gasteiger partial charge in [-0.25, -0.2) is 0 Å².